The number of aromatic nitrogens is 1. The summed E-state index contributed by atoms with van der Waals surface area (Å²) in [5.74, 6) is 0. The molecule has 0 aliphatic carbocycles. The second kappa shape index (κ2) is 14.0. The zero-order valence-electron chi connectivity index (χ0n) is 20.6. The molecule has 1 amide bonds. The van der Waals surface area contributed by atoms with Crippen molar-refractivity contribution in [2.75, 3.05) is 18.4 Å². The monoisotopic (exact) mass is 445 g/mol. The number of hydrogen-bond donors (Lipinski definition) is 2. The molecule has 0 aliphatic rings. The number of oxazole rings is 1. The number of unbranched alkanes of at least 4 members (excludes halogenated alkanes) is 8. The number of rotatable bonds is 15. The summed E-state index contributed by atoms with van der Waals surface area (Å²) in [5, 5.41) is 6.01. The summed E-state index contributed by atoms with van der Waals surface area (Å²) in [6, 6.07) is 6.89. The van der Waals surface area contributed by atoms with Crippen molar-refractivity contribution in [2.24, 2.45) is 0 Å². The molecule has 0 spiro atoms. The van der Waals surface area contributed by atoms with Gasteiger partial charge in [0, 0.05) is 13.1 Å². The first-order valence-corrected chi connectivity index (χ1v) is 12.5. The summed E-state index contributed by atoms with van der Waals surface area (Å²) in [6.07, 6.45) is 13.2. The summed E-state index contributed by atoms with van der Waals surface area (Å²) in [6.45, 7) is 9.17. The van der Waals surface area contributed by atoms with E-state index in [2.05, 4.69) is 34.7 Å². The van der Waals surface area contributed by atoms with Gasteiger partial charge in [0.1, 0.15) is 11.1 Å². The predicted molar refractivity (Wildman–Crippen MR) is 132 cm³/mol. The molecular weight excluding hydrogens is 402 g/mol. The maximum absolute atomic E-state index is 11.6. The standard InChI is InChI=1S/C26H43N3O3/c1-5-6-7-8-9-10-11-12-15-21-16-17-23-22(20-21)29-24(31-23)27-18-13-14-19-28-25(30)32-26(2,3)4/h16-17,20H,5-15,18-19H2,1-4H3,(H,27,29)(H,28,30). The van der Waals surface area contributed by atoms with Crippen LogP contribution < -0.4 is 10.6 Å². The molecule has 1 aromatic carbocycles. The average Bonchev–Trinajstić information content (AvgIpc) is 3.13. The quantitative estimate of drug-likeness (QED) is 0.283. The van der Waals surface area contributed by atoms with Crippen molar-refractivity contribution in [3.05, 3.63) is 23.8 Å². The van der Waals surface area contributed by atoms with E-state index in [0.717, 1.165) is 36.9 Å². The van der Waals surface area contributed by atoms with E-state index in [4.69, 9.17) is 9.15 Å². The first-order valence-electron chi connectivity index (χ1n) is 12.5. The first kappa shape index (κ1) is 26.0. The van der Waals surface area contributed by atoms with Crippen molar-refractivity contribution < 1.29 is 13.9 Å². The van der Waals surface area contributed by atoms with Crippen LogP contribution in [0.5, 0.6) is 0 Å². The molecule has 0 atom stereocenters. The maximum atomic E-state index is 11.6. The third-order valence-electron chi connectivity index (χ3n) is 5.32. The number of anilines is 1. The van der Waals surface area contributed by atoms with Crippen molar-refractivity contribution >= 4 is 23.2 Å². The Bertz CT molecular complexity index is 795. The molecule has 1 aromatic heterocycles. The van der Waals surface area contributed by atoms with E-state index in [9.17, 15) is 4.79 Å². The highest BCUT2D eigenvalue weighted by Crippen LogP contribution is 2.21. The zero-order valence-corrected chi connectivity index (χ0v) is 20.6. The van der Waals surface area contributed by atoms with E-state index in [1.54, 1.807) is 0 Å². The van der Waals surface area contributed by atoms with Crippen molar-refractivity contribution in [1.82, 2.24) is 10.3 Å². The predicted octanol–water partition coefficient (Wildman–Crippen LogP) is 7.23. The molecule has 0 radical (unpaired) electrons. The molecule has 2 N–H and O–H groups in total. The van der Waals surface area contributed by atoms with Gasteiger partial charge in [-0.05, 0) is 64.2 Å². The van der Waals surface area contributed by atoms with Crippen LogP contribution >= 0.6 is 0 Å². The number of fused-ring (bicyclic) bond motifs is 1. The van der Waals surface area contributed by atoms with Crippen LogP contribution in [-0.4, -0.2) is 29.8 Å². The topological polar surface area (TPSA) is 76.4 Å². The lowest BCUT2D eigenvalue weighted by Gasteiger charge is -2.19. The second-order valence-electron chi connectivity index (χ2n) is 9.61. The minimum atomic E-state index is -0.466. The summed E-state index contributed by atoms with van der Waals surface area (Å²) in [5.41, 5.74) is 2.60. The Morgan fingerprint density at radius 2 is 1.66 bits per heavy atom. The van der Waals surface area contributed by atoms with Gasteiger partial charge in [-0.1, -0.05) is 57.9 Å². The van der Waals surface area contributed by atoms with Crippen LogP contribution in [0.2, 0.25) is 0 Å². The van der Waals surface area contributed by atoms with Gasteiger partial charge in [0.05, 0.1) is 0 Å². The largest absolute Gasteiger partial charge is 0.444 e. The molecule has 0 unspecified atom stereocenters. The highest BCUT2D eigenvalue weighted by atomic mass is 16.6. The van der Waals surface area contributed by atoms with E-state index in [1.807, 2.05) is 26.8 Å². The normalized spacial score (nSPS) is 11.6. The van der Waals surface area contributed by atoms with Gasteiger partial charge in [-0.2, -0.15) is 4.98 Å². The fraction of sp³-hybridized carbons (Fsp3) is 0.692. The van der Waals surface area contributed by atoms with Crippen molar-refractivity contribution in [1.29, 1.82) is 0 Å². The van der Waals surface area contributed by atoms with E-state index >= 15 is 0 Å². The van der Waals surface area contributed by atoms with Crippen LogP contribution in [0.15, 0.2) is 22.6 Å². The fourth-order valence-electron chi connectivity index (χ4n) is 3.62. The first-order chi connectivity index (χ1) is 15.4. The fourth-order valence-corrected chi connectivity index (χ4v) is 3.62. The Hall–Kier alpha value is -2.24. The van der Waals surface area contributed by atoms with Gasteiger partial charge in [-0.25, -0.2) is 4.79 Å². The van der Waals surface area contributed by atoms with Crippen molar-refractivity contribution in [3.8, 4) is 0 Å². The number of nitrogens with zero attached hydrogens (tertiary/aromatic N) is 1. The van der Waals surface area contributed by atoms with Crippen LogP contribution in [0.25, 0.3) is 11.1 Å². The van der Waals surface area contributed by atoms with E-state index in [1.165, 1.54) is 56.9 Å². The van der Waals surface area contributed by atoms with Crippen LogP contribution in [0, 0.1) is 0 Å². The molecule has 2 rings (SSSR count). The molecule has 0 saturated carbocycles. The summed E-state index contributed by atoms with van der Waals surface area (Å²) in [4.78, 5) is 16.2. The Morgan fingerprint density at radius 1 is 0.969 bits per heavy atom. The second-order valence-corrected chi connectivity index (χ2v) is 9.61. The zero-order chi connectivity index (χ0) is 23.2. The average molecular weight is 446 g/mol. The van der Waals surface area contributed by atoms with Gasteiger partial charge < -0.3 is 19.8 Å². The molecule has 0 fully saturated rings. The molecule has 0 saturated heterocycles. The minimum Gasteiger partial charge on any atom is -0.444 e. The lowest BCUT2D eigenvalue weighted by molar-refractivity contribution is 0.0527. The van der Waals surface area contributed by atoms with Gasteiger partial charge in [0.25, 0.3) is 6.01 Å². The molecule has 6 heteroatoms. The van der Waals surface area contributed by atoms with Crippen molar-refractivity contribution in [3.63, 3.8) is 0 Å². The molecule has 32 heavy (non-hydrogen) atoms. The molecule has 6 nitrogen and oxygen atoms in total. The molecule has 1 heterocycles. The number of hydrogen-bond acceptors (Lipinski definition) is 5. The van der Waals surface area contributed by atoms with Gasteiger partial charge >= 0.3 is 6.09 Å². The van der Waals surface area contributed by atoms with Crippen molar-refractivity contribution in [2.45, 2.75) is 104 Å². The van der Waals surface area contributed by atoms with E-state index in [-0.39, 0.29) is 6.09 Å². The molecule has 0 aliphatic heterocycles. The highest BCUT2D eigenvalue weighted by Gasteiger charge is 2.15. The van der Waals surface area contributed by atoms with Crippen LogP contribution in [0.3, 0.4) is 0 Å². The number of carbonyl (C=O) groups excluding carboxylic acids is 1. The Morgan fingerprint density at radius 3 is 2.38 bits per heavy atom. The highest BCUT2D eigenvalue weighted by molar-refractivity contribution is 5.75. The van der Waals surface area contributed by atoms with Gasteiger partial charge in [-0.3, -0.25) is 0 Å². The summed E-state index contributed by atoms with van der Waals surface area (Å²) < 4.78 is 11.0. The lowest BCUT2D eigenvalue weighted by atomic mass is 10.0. The van der Waals surface area contributed by atoms with Crippen LogP contribution in [-0.2, 0) is 11.2 Å². The lowest BCUT2D eigenvalue weighted by Crippen LogP contribution is -2.33. The number of carbonyl (C=O) groups is 1. The van der Waals surface area contributed by atoms with Gasteiger partial charge in [0.15, 0.2) is 5.58 Å². The third kappa shape index (κ3) is 10.9. The number of alkyl carbamates (subject to hydrolysis) is 1. The number of benzene rings is 1. The molecule has 2 aromatic rings. The van der Waals surface area contributed by atoms with E-state index < -0.39 is 5.60 Å². The summed E-state index contributed by atoms with van der Waals surface area (Å²) >= 11 is 0. The number of aryl methyl sites for hydroxylation is 1. The third-order valence-corrected chi connectivity index (χ3v) is 5.32. The maximum Gasteiger partial charge on any atom is 0.407 e. The number of amides is 1. The molecule has 180 valence electrons. The van der Waals surface area contributed by atoms with Crippen LogP contribution in [0.1, 0.15) is 97.5 Å². The number of ether oxygens (including phenoxy) is 1. The Labute approximate surface area is 193 Å². The minimum absolute atomic E-state index is 0.368. The number of nitrogens with one attached hydrogen (secondary N) is 2. The SMILES string of the molecule is CCCCCCCCCCc1ccc2oc(NCCCCNC(=O)OC(C)(C)C)nc2c1. The van der Waals surface area contributed by atoms with Crippen LogP contribution in [0.4, 0.5) is 10.8 Å². The molecular formula is C26H43N3O3. The van der Waals surface area contributed by atoms with Gasteiger partial charge in [0.2, 0.25) is 0 Å². The summed E-state index contributed by atoms with van der Waals surface area (Å²) in [7, 11) is 0. The smallest absolute Gasteiger partial charge is 0.407 e. The Kier molecular flexibility index (Phi) is 11.4. The van der Waals surface area contributed by atoms with E-state index in [0.29, 0.717) is 12.6 Å². The Balaban J connectivity index is 1.61. The molecule has 0 bridgehead atoms. The van der Waals surface area contributed by atoms with Gasteiger partial charge in [-0.15, -0.1) is 0 Å².